The van der Waals surface area contributed by atoms with Crippen LogP contribution in [0.15, 0.2) is 42.5 Å². The molecule has 1 heterocycles. The van der Waals surface area contributed by atoms with Crippen LogP contribution in [0.5, 0.6) is 0 Å². The number of hydrogen-bond donors (Lipinski definition) is 1. The maximum atomic E-state index is 12.7. The molecule has 28 heavy (non-hydrogen) atoms. The third-order valence-corrected chi connectivity index (χ3v) is 4.74. The van der Waals surface area contributed by atoms with Crippen molar-refractivity contribution in [3.8, 4) is 0 Å². The summed E-state index contributed by atoms with van der Waals surface area (Å²) < 4.78 is 4.72. The normalized spacial score (nSPS) is 13.9. The number of ether oxygens (including phenoxy) is 1. The standard InChI is InChI=1S/C20H17ClN2O5/c1-11(24)22-17(20(27)28-2)10-12-9-13(7-8-16(12)21)23-18(25)14-5-3-4-6-15(14)19(23)26/h3-9,17H,10H2,1-2H3,(H,22,24). The van der Waals surface area contributed by atoms with Gasteiger partial charge in [-0.3, -0.25) is 14.4 Å². The zero-order valence-corrected chi connectivity index (χ0v) is 15.9. The molecule has 1 atom stereocenters. The zero-order valence-electron chi connectivity index (χ0n) is 15.2. The van der Waals surface area contributed by atoms with Crippen LogP contribution in [0.3, 0.4) is 0 Å². The van der Waals surface area contributed by atoms with Crippen molar-refractivity contribution in [1.29, 1.82) is 0 Å². The Morgan fingerprint density at radius 1 is 1.11 bits per heavy atom. The average molecular weight is 401 g/mol. The molecule has 0 saturated heterocycles. The van der Waals surface area contributed by atoms with Crippen molar-refractivity contribution in [2.24, 2.45) is 0 Å². The lowest BCUT2D eigenvalue weighted by Crippen LogP contribution is -2.42. The first-order valence-corrected chi connectivity index (χ1v) is 8.82. The minimum absolute atomic E-state index is 0.0437. The molecule has 7 nitrogen and oxygen atoms in total. The van der Waals surface area contributed by atoms with Crippen LogP contribution in [0, 0.1) is 0 Å². The van der Waals surface area contributed by atoms with E-state index in [1.807, 2.05) is 0 Å². The van der Waals surface area contributed by atoms with E-state index in [0.29, 0.717) is 27.4 Å². The summed E-state index contributed by atoms with van der Waals surface area (Å²) in [6.45, 7) is 1.28. The number of benzene rings is 2. The smallest absolute Gasteiger partial charge is 0.328 e. The van der Waals surface area contributed by atoms with Crippen molar-refractivity contribution in [3.05, 3.63) is 64.2 Å². The van der Waals surface area contributed by atoms with Crippen LogP contribution in [0.1, 0.15) is 33.2 Å². The minimum atomic E-state index is -0.947. The second kappa shape index (κ2) is 7.82. The summed E-state index contributed by atoms with van der Waals surface area (Å²) >= 11 is 6.24. The minimum Gasteiger partial charge on any atom is -0.467 e. The molecule has 3 amide bonds. The first-order valence-electron chi connectivity index (χ1n) is 8.44. The van der Waals surface area contributed by atoms with Gasteiger partial charge in [-0.05, 0) is 35.9 Å². The van der Waals surface area contributed by atoms with E-state index in [1.54, 1.807) is 36.4 Å². The van der Waals surface area contributed by atoms with E-state index in [0.717, 1.165) is 4.90 Å². The summed E-state index contributed by atoms with van der Waals surface area (Å²) in [5, 5.41) is 2.84. The Morgan fingerprint density at radius 3 is 2.25 bits per heavy atom. The number of carbonyl (C=O) groups excluding carboxylic acids is 4. The van der Waals surface area contributed by atoms with Crippen LogP contribution in [-0.4, -0.2) is 36.8 Å². The quantitative estimate of drug-likeness (QED) is 0.614. The van der Waals surface area contributed by atoms with Gasteiger partial charge in [0.1, 0.15) is 6.04 Å². The van der Waals surface area contributed by atoms with Crippen LogP contribution < -0.4 is 10.2 Å². The molecule has 0 aromatic heterocycles. The highest BCUT2D eigenvalue weighted by Crippen LogP contribution is 2.31. The lowest BCUT2D eigenvalue weighted by molar-refractivity contribution is -0.144. The molecule has 0 spiro atoms. The molecule has 1 N–H and O–H groups in total. The highest BCUT2D eigenvalue weighted by atomic mass is 35.5. The molecule has 0 bridgehead atoms. The number of carbonyl (C=O) groups is 4. The fourth-order valence-electron chi connectivity index (χ4n) is 3.08. The van der Waals surface area contributed by atoms with Crippen LogP contribution in [0.4, 0.5) is 5.69 Å². The summed E-state index contributed by atoms with van der Waals surface area (Å²) in [6, 6.07) is 10.3. The van der Waals surface area contributed by atoms with E-state index in [4.69, 9.17) is 16.3 Å². The molecule has 0 fully saturated rings. The second-order valence-corrected chi connectivity index (χ2v) is 6.65. The van der Waals surface area contributed by atoms with E-state index in [-0.39, 0.29) is 6.42 Å². The largest absolute Gasteiger partial charge is 0.467 e. The summed E-state index contributed by atoms with van der Waals surface area (Å²) in [7, 11) is 1.22. The van der Waals surface area contributed by atoms with E-state index in [9.17, 15) is 19.2 Å². The number of nitrogens with zero attached hydrogens (tertiary/aromatic N) is 1. The first-order chi connectivity index (χ1) is 13.3. The molecular formula is C20H17ClN2O5. The molecular weight excluding hydrogens is 384 g/mol. The molecule has 1 aliphatic rings. The maximum Gasteiger partial charge on any atom is 0.328 e. The number of amides is 3. The molecule has 0 saturated carbocycles. The molecule has 8 heteroatoms. The van der Waals surface area contributed by atoms with E-state index in [1.165, 1.54) is 20.1 Å². The summed E-state index contributed by atoms with van der Waals surface area (Å²) in [5.41, 5.74) is 1.47. The van der Waals surface area contributed by atoms with Crippen LogP contribution >= 0.6 is 11.6 Å². The van der Waals surface area contributed by atoms with Crippen molar-refractivity contribution in [3.63, 3.8) is 0 Å². The van der Waals surface area contributed by atoms with Gasteiger partial charge in [0.15, 0.2) is 0 Å². The molecule has 1 aliphatic heterocycles. The fraction of sp³-hybridized carbons (Fsp3) is 0.200. The lowest BCUT2D eigenvalue weighted by Gasteiger charge is -2.19. The highest BCUT2D eigenvalue weighted by Gasteiger charge is 2.36. The maximum absolute atomic E-state index is 12.7. The van der Waals surface area contributed by atoms with Crippen LogP contribution in [-0.2, 0) is 20.7 Å². The monoisotopic (exact) mass is 400 g/mol. The van der Waals surface area contributed by atoms with Gasteiger partial charge in [-0.1, -0.05) is 23.7 Å². The molecule has 144 valence electrons. The predicted octanol–water partition coefficient (Wildman–Crippen LogP) is 2.36. The van der Waals surface area contributed by atoms with Gasteiger partial charge in [-0.15, -0.1) is 0 Å². The Kier molecular flexibility index (Phi) is 5.46. The number of hydrogen-bond acceptors (Lipinski definition) is 5. The number of halogens is 1. The molecule has 0 radical (unpaired) electrons. The SMILES string of the molecule is COC(=O)C(Cc1cc(N2C(=O)c3ccccc3C2=O)ccc1Cl)NC(C)=O. The van der Waals surface area contributed by atoms with Crippen molar-refractivity contribution >= 4 is 41.0 Å². The number of anilines is 1. The van der Waals surface area contributed by atoms with Gasteiger partial charge in [-0.25, -0.2) is 9.69 Å². The zero-order chi connectivity index (χ0) is 20.4. The molecule has 0 aliphatic carbocycles. The van der Waals surface area contributed by atoms with E-state index < -0.39 is 29.7 Å². The van der Waals surface area contributed by atoms with E-state index >= 15 is 0 Å². The van der Waals surface area contributed by atoms with Gasteiger partial charge >= 0.3 is 5.97 Å². The number of esters is 1. The van der Waals surface area contributed by atoms with E-state index in [2.05, 4.69) is 5.32 Å². The second-order valence-electron chi connectivity index (χ2n) is 6.25. The Labute approximate surface area is 166 Å². The number of methoxy groups -OCH3 is 1. The van der Waals surface area contributed by atoms with Crippen molar-refractivity contribution in [2.75, 3.05) is 12.0 Å². The fourth-order valence-corrected chi connectivity index (χ4v) is 3.28. The molecule has 2 aromatic rings. The van der Waals surface area contributed by atoms with Gasteiger partial charge in [0, 0.05) is 18.4 Å². The molecule has 3 rings (SSSR count). The van der Waals surface area contributed by atoms with Gasteiger partial charge in [0.25, 0.3) is 11.8 Å². The Hall–Kier alpha value is -3.19. The van der Waals surface area contributed by atoms with Gasteiger partial charge in [0.05, 0.1) is 23.9 Å². The van der Waals surface area contributed by atoms with Crippen LogP contribution in [0.25, 0.3) is 0 Å². The Balaban J connectivity index is 1.94. The number of fused-ring (bicyclic) bond motifs is 1. The first kappa shape index (κ1) is 19.6. The van der Waals surface area contributed by atoms with Gasteiger partial charge in [-0.2, -0.15) is 0 Å². The Bertz CT molecular complexity index is 953. The third-order valence-electron chi connectivity index (χ3n) is 4.37. The number of rotatable bonds is 5. The molecule has 1 unspecified atom stereocenters. The topological polar surface area (TPSA) is 92.8 Å². The molecule has 2 aromatic carbocycles. The summed E-state index contributed by atoms with van der Waals surface area (Å²) in [4.78, 5) is 49.7. The van der Waals surface area contributed by atoms with Crippen molar-refractivity contribution in [1.82, 2.24) is 5.32 Å². The predicted molar refractivity (Wildman–Crippen MR) is 102 cm³/mol. The van der Waals surface area contributed by atoms with Crippen molar-refractivity contribution in [2.45, 2.75) is 19.4 Å². The van der Waals surface area contributed by atoms with Crippen LogP contribution in [0.2, 0.25) is 5.02 Å². The highest BCUT2D eigenvalue weighted by molar-refractivity contribution is 6.35. The lowest BCUT2D eigenvalue weighted by atomic mass is 10.0. The van der Waals surface area contributed by atoms with Gasteiger partial charge in [0.2, 0.25) is 5.91 Å². The average Bonchev–Trinajstić information content (AvgIpc) is 2.93. The summed E-state index contributed by atoms with van der Waals surface area (Å²) in [6.07, 6.45) is 0.0437. The number of imide groups is 1. The van der Waals surface area contributed by atoms with Crippen molar-refractivity contribution < 1.29 is 23.9 Å². The number of nitrogens with one attached hydrogen (secondary N) is 1. The summed E-state index contributed by atoms with van der Waals surface area (Å²) in [5.74, 6) is -1.89. The third kappa shape index (κ3) is 3.61. The Morgan fingerprint density at radius 2 is 1.71 bits per heavy atom. The van der Waals surface area contributed by atoms with Gasteiger partial charge < -0.3 is 10.1 Å².